The summed E-state index contributed by atoms with van der Waals surface area (Å²) >= 11 is 5.83. The van der Waals surface area contributed by atoms with Crippen molar-refractivity contribution in [3.8, 4) is 0 Å². The largest absolute Gasteiger partial charge is 0.466 e. The molecule has 1 aromatic carbocycles. The van der Waals surface area contributed by atoms with Crippen LogP contribution in [0.2, 0.25) is 5.02 Å². The summed E-state index contributed by atoms with van der Waals surface area (Å²) < 4.78 is 4.64. The Bertz CT molecular complexity index is 426. The smallest absolute Gasteiger partial charge is 0.333 e. The highest BCUT2D eigenvalue weighted by Gasteiger charge is 2.04. The van der Waals surface area contributed by atoms with Gasteiger partial charge in [0.1, 0.15) is 0 Å². The Morgan fingerprint density at radius 2 is 2.00 bits per heavy atom. The van der Waals surface area contributed by atoms with Gasteiger partial charge in [-0.1, -0.05) is 29.8 Å². The average molecular weight is 268 g/mol. The van der Waals surface area contributed by atoms with E-state index >= 15 is 0 Å². The second kappa shape index (κ2) is 7.19. The molecule has 0 N–H and O–H groups in total. The first-order valence-corrected chi connectivity index (χ1v) is 6.08. The number of esters is 1. The predicted molar refractivity (Wildman–Crippen MR) is 73.6 cm³/mol. The lowest BCUT2D eigenvalue weighted by atomic mass is 10.2. The molecule has 18 heavy (non-hydrogen) atoms. The van der Waals surface area contributed by atoms with Gasteiger partial charge in [0.05, 0.1) is 7.11 Å². The van der Waals surface area contributed by atoms with Crippen molar-refractivity contribution in [3.05, 3.63) is 46.5 Å². The number of rotatable bonds is 5. The Labute approximate surface area is 113 Å². The first-order chi connectivity index (χ1) is 8.52. The molecule has 0 unspecified atom stereocenters. The van der Waals surface area contributed by atoms with Crippen molar-refractivity contribution in [3.63, 3.8) is 0 Å². The third-order valence-electron chi connectivity index (χ3n) is 2.58. The second-order valence-corrected chi connectivity index (χ2v) is 4.64. The number of ether oxygens (including phenoxy) is 1. The maximum atomic E-state index is 11.2. The molecule has 3 nitrogen and oxygen atoms in total. The first kappa shape index (κ1) is 14.7. The number of nitrogens with zero attached hydrogens (tertiary/aromatic N) is 1. The van der Waals surface area contributed by atoms with Crippen molar-refractivity contribution in [2.24, 2.45) is 0 Å². The predicted octanol–water partition coefficient (Wildman–Crippen LogP) is 2.89. The molecule has 1 rings (SSSR count). The summed E-state index contributed by atoms with van der Waals surface area (Å²) in [5, 5.41) is 0.739. The van der Waals surface area contributed by atoms with E-state index in [0.29, 0.717) is 12.1 Å². The minimum atomic E-state index is -0.283. The van der Waals surface area contributed by atoms with Crippen LogP contribution < -0.4 is 0 Å². The molecule has 4 heteroatoms. The van der Waals surface area contributed by atoms with E-state index in [0.717, 1.165) is 11.6 Å². The number of halogens is 1. The summed E-state index contributed by atoms with van der Waals surface area (Å²) in [6.45, 7) is 3.26. The minimum Gasteiger partial charge on any atom is -0.466 e. The van der Waals surface area contributed by atoms with Crippen molar-refractivity contribution in [1.82, 2.24) is 4.90 Å². The normalized spacial score (nSPS) is 11.7. The number of methoxy groups -OCH3 is 1. The minimum absolute atomic E-state index is 0.283. The fourth-order valence-electron chi connectivity index (χ4n) is 1.50. The Hall–Kier alpha value is -1.32. The van der Waals surface area contributed by atoms with Crippen LogP contribution in [0.1, 0.15) is 12.5 Å². The number of carbonyl (C=O) groups excluding carboxylic acids is 1. The Balaban J connectivity index is 2.49. The Morgan fingerprint density at radius 3 is 2.56 bits per heavy atom. The van der Waals surface area contributed by atoms with Gasteiger partial charge in [0.25, 0.3) is 0 Å². The molecule has 0 aromatic heterocycles. The maximum absolute atomic E-state index is 11.2. The summed E-state index contributed by atoms with van der Waals surface area (Å²) in [6, 6.07) is 7.74. The van der Waals surface area contributed by atoms with Gasteiger partial charge in [-0.25, -0.2) is 4.79 Å². The van der Waals surface area contributed by atoms with Gasteiger partial charge in [-0.2, -0.15) is 0 Å². The lowest BCUT2D eigenvalue weighted by Gasteiger charge is -2.14. The van der Waals surface area contributed by atoms with Crippen LogP contribution in [-0.4, -0.2) is 31.6 Å². The molecule has 98 valence electrons. The molecule has 0 bridgehead atoms. The molecule has 0 fully saturated rings. The lowest BCUT2D eigenvalue weighted by Crippen LogP contribution is -2.18. The highest BCUT2D eigenvalue weighted by Crippen LogP contribution is 2.11. The van der Waals surface area contributed by atoms with Gasteiger partial charge in [0, 0.05) is 23.7 Å². The van der Waals surface area contributed by atoms with Crippen LogP contribution >= 0.6 is 11.6 Å². The Kier molecular flexibility index (Phi) is 5.89. The molecule has 0 aliphatic rings. The zero-order chi connectivity index (χ0) is 13.5. The molecule has 0 aliphatic heterocycles. The van der Waals surface area contributed by atoms with Crippen LogP contribution in [0.5, 0.6) is 0 Å². The van der Waals surface area contributed by atoms with Crippen LogP contribution in [0.25, 0.3) is 0 Å². The van der Waals surface area contributed by atoms with E-state index in [1.165, 1.54) is 12.7 Å². The SMILES string of the molecule is COC(=O)C(C)=CCN(C)Cc1ccc(Cl)cc1. The van der Waals surface area contributed by atoms with Crippen LogP contribution in [0, 0.1) is 0 Å². The van der Waals surface area contributed by atoms with E-state index < -0.39 is 0 Å². The van der Waals surface area contributed by atoms with Crippen molar-refractivity contribution in [2.45, 2.75) is 13.5 Å². The number of benzene rings is 1. The van der Waals surface area contributed by atoms with E-state index in [-0.39, 0.29) is 5.97 Å². The summed E-state index contributed by atoms with van der Waals surface area (Å²) in [5.41, 5.74) is 1.81. The molecule has 0 atom stereocenters. The number of hydrogen-bond donors (Lipinski definition) is 0. The zero-order valence-corrected chi connectivity index (χ0v) is 11.7. The standard InChI is InChI=1S/C14H18ClNO2/c1-11(14(17)18-3)8-9-16(2)10-12-4-6-13(15)7-5-12/h4-8H,9-10H2,1-3H3. The molecule has 0 saturated heterocycles. The van der Waals surface area contributed by atoms with Gasteiger partial charge in [0.15, 0.2) is 0 Å². The van der Waals surface area contributed by atoms with Gasteiger partial charge in [-0.3, -0.25) is 4.90 Å². The van der Waals surface area contributed by atoms with Gasteiger partial charge in [-0.15, -0.1) is 0 Å². The van der Waals surface area contributed by atoms with Crippen LogP contribution in [0.4, 0.5) is 0 Å². The molecular formula is C14H18ClNO2. The fraction of sp³-hybridized carbons (Fsp3) is 0.357. The number of likely N-dealkylation sites (N-methyl/N-ethyl adjacent to an activating group) is 1. The van der Waals surface area contributed by atoms with Crippen molar-refractivity contribution < 1.29 is 9.53 Å². The first-order valence-electron chi connectivity index (χ1n) is 5.71. The summed E-state index contributed by atoms with van der Waals surface area (Å²) in [4.78, 5) is 13.3. The molecule has 0 radical (unpaired) electrons. The highest BCUT2D eigenvalue weighted by atomic mass is 35.5. The van der Waals surface area contributed by atoms with Crippen LogP contribution in [0.3, 0.4) is 0 Å². The summed E-state index contributed by atoms with van der Waals surface area (Å²) in [5.74, 6) is -0.283. The monoisotopic (exact) mass is 267 g/mol. The van der Waals surface area contributed by atoms with Gasteiger partial charge >= 0.3 is 5.97 Å². The van der Waals surface area contributed by atoms with E-state index in [4.69, 9.17) is 11.6 Å². The molecule has 1 aromatic rings. The zero-order valence-electron chi connectivity index (χ0n) is 10.9. The van der Waals surface area contributed by atoms with Crippen LogP contribution in [-0.2, 0) is 16.1 Å². The van der Waals surface area contributed by atoms with E-state index in [1.54, 1.807) is 6.92 Å². The number of carbonyl (C=O) groups is 1. The summed E-state index contributed by atoms with van der Waals surface area (Å²) in [7, 11) is 3.38. The van der Waals surface area contributed by atoms with Crippen LogP contribution in [0.15, 0.2) is 35.9 Å². The molecule has 0 heterocycles. The van der Waals surface area contributed by atoms with Gasteiger partial charge in [0.2, 0.25) is 0 Å². The van der Waals surface area contributed by atoms with Crippen molar-refractivity contribution >= 4 is 17.6 Å². The molecule has 0 spiro atoms. The quantitative estimate of drug-likeness (QED) is 0.607. The highest BCUT2D eigenvalue weighted by molar-refractivity contribution is 6.30. The molecular weight excluding hydrogens is 250 g/mol. The van der Waals surface area contributed by atoms with Gasteiger partial charge < -0.3 is 4.74 Å². The van der Waals surface area contributed by atoms with E-state index in [2.05, 4.69) is 9.64 Å². The van der Waals surface area contributed by atoms with Crippen molar-refractivity contribution in [2.75, 3.05) is 20.7 Å². The second-order valence-electron chi connectivity index (χ2n) is 4.20. The third-order valence-corrected chi connectivity index (χ3v) is 2.83. The van der Waals surface area contributed by atoms with E-state index in [1.807, 2.05) is 37.4 Å². The van der Waals surface area contributed by atoms with Gasteiger partial charge in [-0.05, 0) is 31.7 Å². The molecule has 0 saturated carbocycles. The maximum Gasteiger partial charge on any atom is 0.333 e. The van der Waals surface area contributed by atoms with E-state index in [9.17, 15) is 4.79 Å². The lowest BCUT2D eigenvalue weighted by molar-refractivity contribution is -0.136. The molecule has 0 amide bonds. The third kappa shape index (κ3) is 4.90. The Morgan fingerprint density at radius 1 is 1.39 bits per heavy atom. The number of hydrogen-bond acceptors (Lipinski definition) is 3. The average Bonchev–Trinajstić information content (AvgIpc) is 2.37. The van der Waals surface area contributed by atoms with Crippen molar-refractivity contribution in [1.29, 1.82) is 0 Å². The fourth-order valence-corrected chi connectivity index (χ4v) is 1.63. The molecule has 0 aliphatic carbocycles. The summed E-state index contributed by atoms with van der Waals surface area (Å²) in [6.07, 6.45) is 1.86. The topological polar surface area (TPSA) is 29.5 Å².